The van der Waals surface area contributed by atoms with Crippen LogP contribution in [0.2, 0.25) is 0 Å². The number of hydrogen-bond donors (Lipinski definition) is 5. The summed E-state index contributed by atoms with van der Waals surface area (Å²) in [4.78, 5) is 77.8. The summed E-state index contributed by atoms with van der Waals surface area (Å²) in [6.45, 7) is -0.504. The second-order valence-corrected chi connectivity index (χ2v) is 11.6. The smallest absolute Gasteiger partial charge is 0.428 e. The number of carbonyl (C=O) groups is 3. The SMILES string of the molecule is CNCCCC(=O)OCOC(=O)CCC(=O)Nc1ccn([C@@H]2CS[C@H](COP(=O)(O)OP(=O)(O)O)O2)c(=O)n1. The third kappa shape index (κ3) is 13.1. The zero-order valence-electron chi connectivity index (χ0n) is 20.5. The van der Waals surface area contributed by atoms with E-state index in [-0.39, 0.29) is 30.8 Å². The summed E-state index contributed by atoms with van der Waals surface area (Å²) in [7, 11) is -8.56. The molecular weight excluding hydrogens is 590 g/mol. The van der Waals surface area contributed by atoms with Crippen LogP contribution in [0.5, 0.6) is 0 Å². The Morgan fingerprint density at radius 3 is 2.51 bits per heavy atom. The highest BCUT2D eigenvalue weighted by Gasteiger charge is 2.35. The quantitative estimate of drug-likeness (QED) is 0.0697. The van der Waals surface area contributed by atoms with Crippen LogP contribution in [0.25, 0.3) is 0 Å². The molecule has 0 radical (unpaired) electrons. The van der Waals surface area contributed by atoms with Gasteiger partial charge in [-0.05, 0) is 26.1 Å². The molecule has 18 nitrogen and oxygen atoms in total. The number of carbonyl (C=O) groups excluding carboxylic acids is 3. The second kappa shape index (κ2) is 15.6. The average Bonchev–Trinajstić information content (AvgIpc) is 3.29. The number of aromatic nitrogens is 2. The van der Waals surface area contributed by atoms with Crippen molar-refractivity contribution >= 4 is 51.1 Å². The maximum absolute atomic E-state index is 12.4. The summed E-state index contributed by atoms with van der Waals surface area (Å²) >= 11 is 1.09. The van der Waals surface area contributed by atoms with E-state index in [4.69, 9.17) is 24.0 Å². The minimum Gasteiger partial charge on any atom is -0.428 e. The molecule has 0 saturated carbocycles. The lowest BCUT2D eigenvalue weighted by molar-refractivity contribution is -0.167. The Kier molecular flexibility index (Phi) is 13.2. The van der Waals surface area contributed by atoms with Crippen LogP contribution in [0.15, 0.2) is 17.1 Å². The molecule has 1 amide bonds. The molecule has 1 unspecified atom stereocenters. The van der Waals surface area contributed by atoms with Gasteiger partial charge >= 0.3 is 33.3 Å². The topological polar surface area (TPSA) is 251 Å². The van der Waals surface area contributed by atoms with Crippen molar-refractivity contribution in [3.63, 3.8) is 0 Å². The van der Waals surface area contributed by atoms with E-state index in [2.05, 4.69) is 24.5 Å². The van der Waals surface area contributed by atoms with Gasteiger partial charge in [-0.3, -0.25) is 23.5 Å². The Morgan fingerprint density at radius 2 is 1.87 bits per heavy atom. The number of thioether (sulfide) groups is 1. The summed E-state index contributed by atoms with van der Waals surface area (Å²) in [6, 6.07) is 1.30. The lowest BCUT2D eigenvalue weighted by Crippen LogP contribution is -2.29. The summed E-state index contributed by atoms with van der Waals surface area (Å²) < 4.78 is 46.5. The third-order valence-electron chi connectivity index (χ3n) is 4.53. The minimum absolute atomic E-state index is 0.0912. The fraction of sp³-hybridized carbons (Fsp3) is 0.611. The molecule has 1 saturated heterocycles. The monoisotopic (exact) mass is 618 g/mol. The van der Waals surface area contributed by atoms with E-state index in [0.29, 0.717) is 13.0 Å². The van der Waals surface area contributed by atoms with Crippen LogP contribution >= 0.6 is 27.4 Å². The Bertz CT molecular complexity index is 1160. The van der Waals surface area contributed by atoms with Crippen molar-refractivity contribution in [1.82, 2.24) is 14.9 Å². The number of nitrogens with zero attached hydrogens (tertiary/aromatic N) is 2. The Labute approximate surface area is 225 Å². The molecule has 21 heteroatoms. The second-order valence-electron chi connectivity index (χ2n) is 7.60. The van der Waals surface area contributed by atoms with Gasteiger partial charge in [0.05, 0.1) is 13.0 Å². The van der Waals surface area contributed by atoms with E-state index in [0.717, 1.165) is 16.3 Å². The van der Waals surface area contributed by atoms with Crippen molar-refractivity contribution < 1.29 is 61.2 Å². The zero-order valence-corrected chi connectivity index (χ0v) is 23.1. The van der Waals surface area contributed by atoms with Crippen LogP contribution in [-0.4, -0.2) is 80.3 Å². The molecule has 39 heavy (non-hydrogen) atoms. The molecule has 5 N–H and O–H groups in total. The number of anilines is 1. The van der Waals surface area contributed by atoms with Crippen molar-refractivity contribution in [1.29, 1.82) is 0 Å². The summed E-state index contributed by atoms with van der Waals surface area (Å²) in [5.41, 5.74) is -1.67. The summed E-state index contributed by atoms with van der Waals surface area (Å²) in [5.74, 6) is -1.81. The number of ether oxygens (including phenoxy) is 3. The minimum atomic E-state index is -5.26. The number of phosphoric acid groups is 2. The molecule has 1 aromatic rings. The highest BCUT2D eigenvalue weighted by atomic mass is 32.2. The van der Waals surface area contributed by atoms with Crippen molar-refractivity contribution in [2.75, 3.05) is 38.1 Å². The molecule has 1 fully saturated rings. The molecule has 0 aromatic carbocycles. The largest absolute Gasteiger partial charge is 0.481 e. The van der Waals surface area contributed by atoms with Crippen LogP contribution in [0.3, 0.4) is 0 Å². The number of amides is 1. The Balaban J connectivity index is 1.74. The third-order valence-corrected chi connectivity index (χ3v) is 7.78. The normalized spacial score (nSPS) is 18.8. The van der Waals surface area contributed by atoms with Crippen molar-refractivity contribution in [3.05, 3.63) is 22.7 Å². The predicted molar refractivity (Wildman–Crippen MR) is 132 cm³/mol. The Hall–Kier alpha value is -2.18. The lowest BCUT2D eigenvalue weighted by atomic mass is 10.3. The number of nitrogens with one attached hydrogen (secondary N) is 2. The molecule has 0 bridgehead atoms. The zero-order chi connectivity index (χ0) is 29.1. The van der Waals surface area contributed by atoms with Gasteiger partial charge < -0.3 is 39.5 Å². The Morgan fingerprint density at radius 1 is 1.18 bits per heavy atom. The lowest BCUT2D eigenvalue weighted by Gasteiger charge is -2.17. The van der Waals surface area contributed by atoms with Gasteiger partial charge in [0.25, 0.3) is 0 Å². The van der Waals surface area contributed by atoms with Crippen molar-refractivity contribution in [2.24, 2.45) is 0 Å². The number of hydrogen-bond acceptors (Lipinski definition) is 14. The van der Waals surface area contributed by atoms with Crippen LogP contribution in [0.4, 0.5) is 5.82 Å². The maximum atomic E-state index is 12.4. The molecule has 0 aliphatic carbocycles. The average molecular weight is 618 g/mol. The molecule has 3 atom stereocenters. The van der Waals surface area contributed by atoms with Gasteiger partial charge in [0, 0.05) is 24.8 Å². The number of rotatable bonds is 16. The van der Waals surface area contributed by atoms with Gasteiger partial charge in [0.1, 0.15) is 17.5 Å². The molecule has 1 aliphatic rings. The van der Waals surface area contributed by atoms with E-state index in [9.17, 15) is 33.2 Å². The molecule has 2 rings (SSSR count). The van der Waals surface area contributed by atoms with E-state index in [1.807, 2.05) is 0 Å². The van der Waals surface area contributed by atoms with Gasteiger partial charge in [-0.15, -0.1) is 11.8 Å². The summed E-state index contributed by atoms with van der Waals surface area (Å²) in [5, 5.41) is 5.23. The fourth-order valence-electron chi connectivity index (χ4n) is 2.83. The highest BCUT2D eigenvalue weighted by Crippen LogP contribution is 2.57. The molecule has 1 aromatic heterocycles. The van der Waals surface area contributed by atoms with E-state index >= 15 is 0 Å². The molecular formula is C18H28N4O14P2S. The van der Waals surface area contributed by atoms with Crippen LogP contribution < -0.4 is 16.3 Å². The molecule has 2 heterocycles. The van der Waals surface area contributed by atoms with E-state index in [1.165, 1.54) is 12.3 Å². The van der Waals surface area contributed by atoms with Crippen LogP contribution in [-0.2, 0) is 46.6 Å². The molecule has 0 spiro atoms. The van der Waals surface area contributed by atoms with E-state index in [1.54, 1.807) is 7.05 Å². The van der Waals surface area contributed by atoms with Crippen LogP contribution in [0.1, 0.15) is 31.9 Å². The maximum Gasteiger partial charge on any atom is 0.481 e. The first kappa shape index (κ1) is 33.0. The first-order valence-corrected chi connectivity index (χ1v) is 15.2. The number of esters is 2. The van der Waals surface area contributed by atoms with Gasteiger partial charge in [-0.25, -0.2) is 13.9 Å². The van der Waals surface area contributed by atoms with Gasteiger partial charge in [-0.2, -0.15) is 9.29 Å². The predicted octanol–water partition coefficient (Wildman–Crippen LogP) is -0.180. The first-order chi connectivity index (χ1) is 18.3. The summed E-state index contributed by atoms with van der Waals surface area (Å²) in [6.07, 6.45) is 0.560. The number of phosphoric ester groups is 1. The first-order valence-electron chi connectivity index (χ1n) is 11.1. The van der Waals surface area contributed by atoms with Gasteiger partial charge in [0.2, 0.25) is 12.7 Å². The van der Waals surface area contributed by atoms with Crippen LogP contribution in [0, 0.1) is 0 Å². The molecule has 1 aliphatic heterocycles. The van der Waals surface area contributed by atoms with Crippen molar-refractivity contribution in [3.8, 4) is 0 Å². The van der Waals surface area contributed by atoms with Crippen molar-refractivity contribution in [2.45, 2.75) is 37.3 Å². The van der Waals surface area contributed by atoms with Gasteiger partial charge in [-0.1, -0.05) is 0 Å². The highest BCUT2D eigenvalue weighted by molar-refractivity contribution is 8.00. The standard InChI is InChI=1S/C18H28N4O14P2S/c1-19-7-2-3-15(24)32-11-33-16(25)5-4-13(23)20-12-6-8-22(18(26)21-12)14-10-39-17(35-14)9-34-38(30,31)36-37(27,28)29/h6,8,14,17,19H,2-5,7,9-11H2,1H3,(H,30,31)(H2,27,28,29)(H,20,21,23,26)/t14-,17+/m0/s1. The fourth-order valence-corrected chi connectivity index (χ4v) is 5.50. The van der Waals surface area contributed by atoms with Gasteiger partial charge in [0.15, 0.2) is 0 Å². The molecule has 220 valence electrons. The van der Waals surface area contributed by atoms with E-state index < -0.39 is 64.2 Å².